The number of carbonyl (C=O) groups is 2. The summed E-state index contributed by atoms with van der Waals surface area (Å²) in [5, 5.41) is 21.2. The van der Waals surface area contributed by atoms with Crippen LogP contribution in [0.25, 0.3) is 0 Å². The first kappa shape index (κ1) is 31.9. The van der Waals surface area contributed by atoms with E-state index in [1.165, 1.54) is 25.7 Å². The summed E-state index contributed by atoms with van der Waals surface area (Å²) in [5.74, 6) is -0.825. The summed E-state index contributed by atoms with van der Waals surface area (Å²) in [6.07, 6.45) is 10.6. The van der Waals surface area contributed by atoms with Crippen LogP contribution in [-0.4, -0.2) is 52.2 Å². The number of nitrogens with one attached hydrogen (secondary N) is 1. The quantitative estimate of drug-likeness (QED) is 0.154. The lowest BCUT2D eigenvalue weighted by Gasteiger charge is -2.39. The summed E-state index contributed by atoms with van der Waals surface area (Å²) < 4.78 is 13.1. The van der Waals surface area contributed by atoms with E-state index >= 15 is 0 Å². The molecule has 4 rings (SSSR count). The maximum Gasteiger partial charge on any atom is 0.303 e. The molecule has 2 aromatic rings. The lowest BCUT2D eigenvalue weighted by molar-refractivity contribution is -0.253. The third-order valence-corrected chi connectivity index (χ3v) is 8.27. The Morgan fingerprint density at radius 2 is 1.60 bits per heavy atom. The molecule has 0 aromatic heterocycles. The second-order valence-corrected chi connectivity index (χ2v) is 11.5. The highest BCUT2D eigenvalue weighted by Gasteiger charge is 2.34. The van der Waals surface area contributed by atoms with Gasteiger partial charge in [0.25, 0.3) is 0 Å². The van der Waals surface area contributed by atoms with Gasteiger partial charge in [0.2, 0.25) is 5.91 Å². The van der Waals surface area contributed by atoms with Crippen LogP contribution in [0.5, 0.6) is 0 Å². The number of unbranched alkanes of at least 4 members (excludes halogenated alkanes) is 3. The number of hydrogen-bond donors (Lipinski definition) is 3. The van der Waals surface area contributed by atoms with E-state index in [2.05, 4.69) is 16.8 Å². The monoisotopic (exact) mass is 578 g/mol. The Labute approximate surface area is 249 Å². The number of aliphatic carboxylic acids is 1. The smallest absolute Gasteiger partial charge is 0.303 e. The first-order valence-corrected chi connectivity index (χ1v) is 15.4. The fourth-order valence-electron chi connectivity index (χ4n) is 5.96. The molecule has 2 fully saturated rings. The van der Waals surface area contributed by atoms with Crippen molar-refractivity contribution in [3.63, 3.8) is 0 Å². The minimum atomic E-state index is -0.776. The van der Waals surface area contributed by atoms with Gasteiger partial charge < -0.3 is 25.0 Å². The number of ether oxygens (including phenoxy) is 2. The van der Waals surface area contributed by atoms with Crippen molar-refractivity contribution >= 4 is 17.6 Å². The lowest BCUT2D eigenvalue weighted by Crippen LogP contribution is -2.43. The topological polar surface area (TPSA) is 108 Å². The minimum Gasteiger partial charge on any atom is -0.481 e. The summed E-state index contributed by atoms with van der Waals surface area (Å²) in [6.45, 7) is 5.65. The Hall–Kier alpha value is -3.04. The van der Waals surface area contributed by atoms with Gasteiger partial charge in [0.15, 0.2) is 6.29 Å². The number of carboxylic acids is 1. The fourth-order valence-corrected chi connectivity index (χ4v) is 5.96. The zero-order valence-corrected chi connectivity index (χ0v) is 24.6. The van der Waals surface area contributed by atoms with E-state index in [1.54, 1.807) is 0 Å². The van der Waals surface area contributed by atoms with Crippen LogP contribution in [0.15, 0.2) is 61.2 Å². The molecule has 1 aliphatic carbocycles. The van der Waals surface area contributed by atoms with Crippen LogP contribution in [0.1, 0.15) is 99.7 Å². The van der Waals surface area contributed by atoms with Gasteiger partial charge in [-0.15, -0.1) is 6.58 Å². The summed E-state index contributed by atoms with van der Waals surface area (Å²) in [6, 6.07) is 16.1. The van der Waals surface area contributed by atoms with E-state index in [9.17, 15) is 14.7 Å². The minimum absolute atomic E-state index is 0.00768. The molecular formula is C34H46N2O6. The average molecular weight is 579 g/mol. The first-order chi connectivity index (χ1) is 20.4. The number of aliphatic hydroxyl groups is 1. The largest absolute Gasteiger partial charge is 0.481 e. The van der Waals surface area contributed by atoms with Gasteiger partial charge in [-0.05, 0) is 48.9 Å². The van der Waals surface area contributed by atoms with Crippen LogP contribution < -0.4 is 5.32 Å². The van der Waals surface area contributed by atoms with Crippen LogP contribution >= 0.6 is 0 Å². The van der Waals surface area contributed by atoms with Gasteiger partial charge in [-0.2, -0.15) is 0 Å². The Morgan fingerprint density at radius 3 is 2.24 bits per heavy atom. The van der Waals surface area contributed by atoms with Gasteiger partial charge in [-0.1, -0.05) is 68.2 Å². The summed E-state index contributed by atoms with van der Waals surface area (Å²) in [4.78, 5) is 25.5. The molecule has 3 atom stereocenters. The number of rotatable bonds is 16. The number of carbonyl (C=O) groups excluding carboxylic acids is 1. The van der Waals surface area contributed by atoms with E-state index in [1.807, 2.05) is 54.6 Å². The van der Waals surface area contributed by atoms with E-state index in [0.717, 1.165) is 61.2 Å². The van der Waals surface area contributed by atoms with E-state index in [0.29, 0.717) is 18.9 Å². The zero-order valence-electron chi connectivity index (χ0n) is 24.6. The number of hydrogen-bond acceptors (Lipinski definition) is 6. The van der Waals surface area contributed by atoms with Crippen molar-refractivity contribution < 1.29 is 29.3 Å². The summed E-state index contributed by atoms with van der Waals surface area (Å²) in [5.41, 5.74) is 3.54. The van der Waals surface area contributed by atoms with E-state index < -0.39 is 12.3 Å². The van der Waals surface area contributed by atoms with Gasteiger partial charge in [0.05, 0.1) is 18.8 Å². The summed E-state index contributed by atoms with van der Waals surface area (Å²) in [7, 11) is 0. The molecule has 0 unspecified atom stereocenters. The average Bonchev–Trinajstić information content (AvgIpc) is 3.54. The predicted octanol–water partition coefficient (Wildman–Crippen LogP) is 6.52. The SMILES string of the molecule is C=CCN(C[C@@H]1C[C@H](c2ccc(CO)cc2)O[C@H](c2ccc(NC(=O)CCCCCCC(=O)O)cc2)O1)C1CCCC1. The van der Waals surface area contributed by atoms with Crippen LogP contribution in [-0.2, 0) is 25.7 Å². The molecule has 1 amide bonds. The number of amides is 1. The molecule has 2 aliphatic rings. The highest BCUT2D eigenvalue weighted by atomic mass is 16.7. The number of aliphatic hydroxyl groups excluding tert-OH is 1. The Morgan fingerprint density at radius 1 is 0.929 bits per heavy atom. The molecule has 42 heavy (non-hydrogen) atoms. The molecule has 1 heterocycles. The Bertz CT molecular complexity index is 1130. The Kier molecular flexibility index (Phi) is 12.6. The van der Waals surface area contributed by atoms with Gasteiger partial charge in [-0.25, -0.2) is 0 Å². The van der Waals surface area contributed by atoms with Crippen LogP contribution in [0.4, 0.5) is 5.69 Å². The van der Waals surface area contributed by atoms with E-state index in [-0.39, 0.29) is 31.1 Å². The Balaban J connectivity index is 1.39. The molecule has 228 valence electrons. The zero-order chi connectivity index (χ0) is 29.7. The highest BCUT2D eigenvalue weighted by Crippen LogP contribution is 2.39. The lowest BCUT2D eigenvalue weighted by atomic mass is 9.99. The fraction of sp³-hybridized carbons (Fsp3) is 0.529. The molecule has 0 bridgehead atoms. The standard InChI is InChI=1S/C34H46N2O6/c1-2-21-36(29-9-7-8-10-29)23-30-22-31(26-15-13-25(24-37)14-16-26)42-34(41-30)27-17-19-28(20-18-27)35-32(38)11-5-3-4-6-12-33(39)40/h2,13-20,29-31,34,37H,1,3-12,21-24H2,(H,35,38)(H,39,40)/t30-,31+,34+/m0/s1. The van der Waals surface area contributed by atoms with Gasteiger partial charge in [-0.3, -0.25) is 14.5 Å². The molecule has 3 N–H and O–H groups in total. The maximum absolute atomic E-state index is 12.4. The van der Waals surface area contributed by atoms with E-state index in [4.69, 9.17) is 14.6 Å². The molecule has 8 nitrogen and oxygen atoms in total. The van der Waals surface area contributed by atoms with Gasteiger partial charge in [0.1, 0.15) is 0 Å². The number of benzene rings is 2. The number of carboxylic acid groups (broad SMARTS) is 1. The molecule has 1 saturated heterocycles. The van der Waals surface area contributed by atoms with Crippen molar-refractivity contribution in [3.05, 3.63) is 77.9 Å². The van der Waals surface area contributed by atoms with Crippen molar-refractivity contribution in [1.29, 1.82) is 0 Å². The molecular weight excluding hydrogens is 532 g/mol. The summed E-state index contributed by atoms with van der Waals surface area (Å²) >= 11 is 0. The molecule has 1 aliphatic heterocycles. The van der Waals surface area contributed by atoms with Gasteiger partial charge in [0, 0.05) is 49.6 Å². The van der Waals surface area contributed by atoms with Gasteiger partial charge >= 0.3 is 5.97 Å². The molecule has 8 heteroatoms. The predicted molar refractivity (Wildman–Crippen MR) is 163 cm³/mol. The molecule has 2 aromatic carbocycles. The second kappa shape index (κ2) is 16.6. The highest BCUT2D eigenvalue weighted by molar-refractivity contribution is 5.90. The maximum atomic E-state index is 12.4. The van der Waals surface area contributed by atoms with Crippen LogP contribution in [0.2, 0.25) is 0 Å². The third-order valence-electron chi connectivity index (χ3n) is 8.27. The van der Waals surface area contributed by atoms with Crippen molar-refractivity contribution in [3.8, 4) is 0 Å². The number of anilines is 1. The van der Waals surface area contributed by atoms with Crippen molar-refractivity contribution in [1.82, 2.24) is 4.90 Å². The number of nitrogens with zero attached hydrogens (tertiary/aromatic N) is 1. The van der Waals surface area contributed by atoms with Crippen molar-refractivity contribution in [2.24, 2.45) is 0 Å². The molecule has 0 radical (unpaired) electrons. The third kappa shape index (κ3) is 9.76. The van der Waals surface area contributed by atoms with Crippen molar-refractivity contribution in [2.75, 3.05) is 18.4 Å². The van der Waals surface area contributed by atoms with Crippen molar-refractivity contribution in [2.45, 2.75) is 102 Å². The molecule has 0 spiro atoms. The second-order valence-electron chi connectivity index (χ2n) is 11.5. The van der Waals surface area contributed by atoms with Crippen LogP contribution in [0, 0.1) is 0 Å². The van der Waals surface area contributed by atoms with Crippen LogP contribution in [0.3, 0.4) is 0 Å². The normalized spacial score (nSPS) is 21.0. The first-order valence-electron chi connectivity index (χ1n) is 15.4. The molecule has 1 saturated carbocycles.